The molecular weight excluding hydrogens is 202 g/mol. The SMILES string of the molecule is NC(CCc1ccccc1)(C(=O)O)C1CC1. The third-order valence-corrected chi connectivity index (χ3v) is 3.37. The molecule has 0 saturated heterocycles. The van der Waals surface area contributed by atoms with Gasteiger partial charge in [-0.3, -0.25) is 4.79 Å². The summed E-state index contributed by atoms with van der Waals surface area (Å²) >= 11 is 0. The average Bonchev–Trinajstić information content (AvgIpc) is 3.11. The summed E-state index contributed by atoms with van der Waals surface area (Å²) in [5.41, 5.74) is 6.13. The Hall–Kier alpha value is -1.35. The quantitative estimate of drug-likeness (QED) is 0.793. The van der Waals surface area contributed by atoms with Gasteiger partial charge in [-0.05, 0) is 37.2 Å². The number of hydrogen-bond donors (Lipinski definition) is 2. The van der Waals surface area contributed by atoms with Crippen molar-refractivity contribution in [1.29, 1.82) is 0 Å². The Morgan fingerprint density at radius 3 is 2.50 bits per heavy atom. The topological polar surface area (TPSA) is 63.3 Å². The van der Waals surface area contributed by atoms with Gasteiger partial charge in [-0.15, -0.1) is 0 Å². The molecule has 16 heavy (non-hydrogen) atoms. The van der Waals surface area contributed by atoms with Crippen molar-refractivity contribution in [3.05, 3.63) is 35.9 Å². The van der Waals surface area contributed by atoms with E-state index < -0.39 is 11.5 Å². The molecule has 1 aliphatic rings. The first-order chi connectivity index (χ1) is 7.63. The van der Waals surface area contributed by atoms with Crippen LogP contribution in [0.1, 0.15) is 24.8 Å². The first-order valence-electron chi connectivity index (χ1n) is 5.69. The molecule has 1 saturated carbocycles. The summed E-state index contributed by atoms with van der Waals surface area (Å²) in [6, 6.07) is 9.90. The van der Waals surface area contributed by atoms with Gasteiger partial charge in [0.2, 0.25) is 0 Å². The second-order valence-corrected chi connectivity index (χ2v) is 4.61. The van der Waals surface area contributed by atoms with Crippen molar-refractivity contribution in [3.63, 3.8) is 0 Å². The molecule has 3 nitrogen and oxygen atoms in total. The van der Waals surface area contributed by atoms with Crippen LogP contribution < -0.4 is 5.73 Å². The van der Waals surface area contributed by atoms with Gasteiger partial charge in [-0.25, -0.2) is 0 Å². The summed E-state index contributed by atoms with van der Waals surface area (Å²) in [6.07, 6.45) is 3.17. The lowest BCUT2D eigenvalue weighted by Crippen LogP contribution is -2.50. The minimum absolute atomic E-state index is 0.175. The van der Waals surface area contributed by atoms with Gasteiger partial charge in [0.25, 0.3) is 0 Å². The molecule has 0 aromatic heterocycles. The van der Waals surface area contributed by atoms with E-state index in [2.05, 4.69) is 0 Å². The average molecular weight is 219 g/mol. The van der Waals surface area contributed by atoms with E-state index in [1.165, 1.54) is 0 Å². The predicted octanol–water partition coefficient (Wildman–Crippen LogP) is 1.81. The maximum absolute atomic E-state index is 11.2. The van der Waals surface area contributed by atoms with E-state index >= 15 is 0 Å². The number of aliphatic carboxylic acids is 1. The molecule has 1 unspecified atom stereocenters. The monoisotopic (exact) mass is 219 g/mol. The molecule has 1 atom stereocenters. The highest BCUT2D eigenvalue weighted by molar-refractivity contribution is 5.79. The fraction of sp³-hybridized carbons (Fsp3) is 0.462. The summed E-state index contributed by atoms with van der Waals surface area (Å²) in [5, 5.41) is 9.20. The van der Waals surface area contributed by atoms with Gasteiger partial charge in [-0.1, -0.05) is 30.3 Å². The van der Waals surface area contributed by atoms with Crippen LogP contribution in [0, 0.1) is 5.92 Å². The van der Waals surface area contributed by atoms with Crippen molar-refractivity contribution in [2.75, 3.05) is 0 Å². The van der Waals surface area contributed by atoms with Crippen LogP contribution in [0.15, 0.2) is 30.3 Å². The Kier molecular flexibility index (Phi) is 2.97. The van der Waals surface area contributed by atoms with E-state index in [0.717, 1.165) is 24.8 Å². The van der Waals surface area contributed by atoms with E-state index in [-0.39, 0.29) is 5.92 Å². The Bertz CT molecular complexity index is 373. The first-order valence-corrected chi connectivity index (χ1v) is 5.69. The van der Waals surface area contributed by atoms with E-state index in [9.17, 15) is 9.90 Å². The molecule has 86 valence electrons. The standard InChI is InChI=1S/C13H17NO2/c14-13(12(15)16,11-6-7-11)9-8-10-4-2-1-3-5-10/h1-5,11H,6-9,14H2,(H,15,16). The van der Waals surface area contributed by atoms with Crippen molar-refractivity contribution in [2.45, 2.75) is 31.2 Å². The molecule has 1 aromatic rings. The molecule has 0 spiro atoms. The zero-order valence-electron chi connectivity index (χ0n) is 9.23. The third kappa shape index (κ3) is 2.25. The highest BCUT2D eigenvalue weighted by atomic mass is 16.4. The number of benzene rings is 1. The smallest absolute Gasteiger partial charge is 0.323 e. The Morgan fingerprint density at radius 1 is 1.38 bits per heavy atom. The van der Waals surface area contributed by atoms with Crippen molar-refractivity contribution in [2.24, 2.45) is 11.7 Å². The molecule has 2 rings (SSSR count). The van der Waals surface area contributed by atoms with Crippen LogP contribution in [0.5, 0.6) is 0 Å². The maximum Gasteiger partial charge on any atom is 0.323 e. The van der Waals surface area contributed by atoms with Crippen LogP contribution in [-0.4, -0.2) is 16.6 Å². The van der Waals surface area contributed by atoms with Gasteiger partial charge in [0.05, 0.1) is 0 Å². The van der Waals surface area contributed by atoms with Gasteiger partial charge in [0.1, 0.15) is 5.54 Å². The molecule has 3 N–H and O–H groups in total. The molecule has 1 aromatic carbocycles. The lowest BCUT2D eigenvalue weighted by atomic mass is 9.87. The molecule has 0 radical (unpaired) electrons. The van der Waals surface area contributed by atoms with Gasteiger partial charge in [0.15, 0.2) is 0 Å². The van der Waals surface area contributed by atoms with Crippen molar-refractivity contribution in [1.82, 2.24) is 0 Å². The summed E-state index contributed by atoms with van der Waals surface area (Å²) < 4.78 is 0. The van der Waals surface area contributed by atoms with Crippen molar-refractivity contribution in [3.8, 4) is 0 Å². The van der Waals surface area contributed by atoms with E-state index in [1.54, 1.807) is 0 Å². The van der Waals surface area contributed by atoms with Gasteiger partial charge in [0, 0.05) is 0 Å². The number of carbonyl (C=O) groups is 1. The normalized spacial score (nSPS) is 19.1. The van der Waals surface area contributed by atoms with Gasteiger partial charge >= 0.3 is 5.97 Å². The number of hydrogen-bond acceptors (Lipinski definition) is 2. The fourth-order valence-corrected chi connectivity index (χ4v) is 2.08. The lowest BCUT2D eigenvalue weighted by molar-refractivity contribution is -0.144. The largest absolute Gasteiger partial charge is 0.480 e. The zero-order chi connectivity index (χ0) is 11.6. The molecular formula is C13H17NO2. The summed E-state index contributed by atoms with van der Waals surface area (Å²) in [6.45, 7) is 0. The first kappa shape index (κ1) is 11.1. The molecule has 3 heteroatoms. The highest BCUT2D eigenvalue weighted by Gasteiger charge is 2.47. The molecule has 1 fully saturated rings. The number of rotatable bonds is 5. The number of carboxylic acid groups (broad SMARTS) is 1. The summed E-state index contributed by atoms with van der Waals surface area (Å²) in [4.78, 5) is 11.2. The fourth-order valence-electron chi connectivity index (χ4n) is 2.08. The minimum atomic E-state index is -1.02. The summed E-state index contributed by atoms with van der Waals surface area (Å²) in [7, 11) is 0. The van der Waals surface area contributed by atoms with Crippen molar-refractivity contribution < 1.29 is 9.90 Å². The third-order valence-electron chi connectivity index (χ3n) is 3.37. The molecule has 0 aliphatic heterocycles. The minimum Gasteiger partial charge on any atom is -0.480 e. The van der Waals surface area contributed by atoms with Crippen LogP contribution in [0.3, 0.4) is 0 Å². The molecule has 0 heterocycles. The lowest BCUT2D eigenvalue weighted by Gasteiger charge is -2.24. The Labute approximate surface area is 95.3 Å². The number of aryl methyl sites for hydroxylation is 1. The molecule has 0 amide bonds. The van der Waals surface area contributed by atoms with E-state index in [0.29, 0.717) is 6.42 Å². The maximum atomic E-state index is 11.2. The summed E-state index contributed by atoms with van der Waals surface area (Å²) in [5.74, 6) is -0.681. The second kappa shape index (κ2) is 4.26. The zero-order valence-corrected chi connectivity index (χ0v) is 9.23. The van der Waals surface area contributed by atoms with Crippen LogP contribution >= 0.6 is 0 Å². The Balaban J connectivity index is 2.00. The predicted molar refractivity (Wildman–Crippen MR) is 62.0 cm³/mol. The van der Waals surface area contributed by atoms with E-state index in [4.69, 9.17) is 5.73 Å². The number of nitrogens with two attached hydrogens (primary N) is 1. The van der Waals surface area contributed by atoms with Crippen LogP contribution in [0.25, 0.3) is 0 Å². The van der Waals surface area contributed by atoms with Gasteiger partial charge in [-0.2, -0.15) is 0 Å². The highest BCUT2D eigenvalue weighted by Crippen LogP contribution is 2.40. The van der Waals surface area contributed by atoms with Gasteiger partial charge < -0.3 is 10.8 Å². The Morgan fingerprint density at radius 2 is 2.00 bits per heavy atom. The van der Waals surface area contributed by atoms with E-state index in [1.807, 2.05) is 30.3 Å². The van der Waals surface area contributed by atoms with Crippen LogP contribution in [0.2, 0.25) is 0 Å². The van der Waals surface area contributed by atoms with Crippen LogP contribution in [-0.2, 0) is 11.2 Å². The van der Waals surface area contributed by atoms with Crippen molar-refractivity contribution >= 4 is 5.97 Å². The second-order valence-electron chi connectivity index (χ2n) is 4.61. The van der Waals surface area contributed by atoms with Crippen LogP contribution in [0.4, 0.5) is 0 Å². The molecule has 1 aliphatic carbocycles. The molecule has 0 bridgehead atoms. The number of carboxylic acids is 1.